The molecule has 0 fully saturated rings. The fourth-order valence-electron chi connectivity index (χ4n) is 10.1. The smallest absolute Gasteiger partial charge is 0.306 e. The van der Waals surface area contributed by atoms with E-state index in [0.29, 0.717) is 23.9 Å². The lowest BCUT2D eigenvalue weighted by atomic mass is 10.0. The average Bonchev–Trinajstić information content (AvgIpc) is 3.42. The van der Waals surface area contributed by atoms with Gasteiger partial charge in [-0.2, -0.15) is 0 Å². The number of esters is 2. The predicted molar refractivity (Wildman–Crippen MR) is 334 cm³/mol. The summed E-state index contributed by atoms with van der Waals surface area (Å²) in [5, 5.41) is 11.8. The van der Waals surface area contributed by atoms with Crippen molar-refractivity contribution >= 4 is 17.9 Å². The van der Waals surface area contributed by atoms with E-state index in [2.05, 4.69) is 50.3 Å². The third kappa shape index (κ3) is 63.0. The highest BCUT2D eigenvalue weighted by Gasteiger charge is 2.22. The second-order valence-electron chi connectivity index (χ2n) is 24.5. The zero-order chi connectivity index (χ0) is 57.6. The zero-order valence-corrected chi connectivity index (χ0v) is 53.0. The van der Waals surface area contributed by atoms with E-state index < -0.39 is 24.3 Å². The molecular formula is C70H131NO8. The highest BCUT2D eigenvalue weighted by Crippen LogP contribution is 2.18. The Hall–Kier alpha value is -2.49. The molecule has 0 saturated heterocycles. The molecule has 0 amide bonds. The van der Waals surface area contributed by atoms with Crippen molar-refractivity contribution in [2.45, 2.75) is 347 Å². The number of allylic oxidation sites excluding steroid dienone is 6. The topological polar surface area (TPSA) is 111 Å². The molecule has 0 aromatic carbocycles. The molecule has 2 unspecified atom stereocenters. The molecule has 2 atom stereocenters. The third-order valence-corrected chi connectivity index (χ3v) is 15.4. The van der Waals surface area contributed by atoms with Gasteiger partial charge in [-0.05, 0) is 70.6 Å². The van der Waals surface area contributed by atoms with Crippen LogP contribution >= 0.6 is 0 Å². The van der Waals surface area contributed by atoms with Crippen LogP contribution in [-0.4, -0.2) is 82.3 Å². The summed E-state index contributed by atoms with van der Waals surface area (Å²) in [4.78, 5) is 37.4. The second-order valence-corrected chi connectivity index (χ2v) is 24.5. The van der Waals surface area contributed by atoms with Gasteiger partial charge in [0.1, 0.15) is 13.2 Å². The van der Waals surface area contributed by atoms with Crippen molar-refractivity contribution in [3.63, 3.8) is 0 Å². The molecule has 79 heavy (non-hydrogen) atoms. The number of carbonyl (C=O) groups is 3. The number of likely N-dealkylation sites (N-methyl/N-ethyl adjacent to an activating group) is 1. The molecule has 464 valence electrons. The lowest BCUT2D eigenvalue weighted by molar-refractivity contribution is -0.870. The molecule has 0 N–H and O–H groups in total. The van der Waals surface area contributed by atoms with E-state index in [9.17, 15) is 19.5 Å². The molecule has 0 aromatic heterocycles. The minimum atomic E-state index is -1.62. The van der Waals surface area contributed by atoms with E-state index >= 15 is 0 Å². The Morgan fingerprint density at radius 1 is 0.380 bits per heavy atom. The van der Waals surface area contributed by atoms with Gasteiger partial charge in [-0.1, -0.05) is 288 Å². The zero-order valence-electron chi connectivity index (χ0n) is 53.0. The predicted octanol–water partition coefficient (Wildman–Crippen LogP) is 19.5. The maximum atomic E-state index is 12.9. The molecule has 9 heteroatoms. The van der Waals surface area contributed by atoms with Crippen LogP contribution in [-0.2, 0) is 33.3 Å². The minimum Gasteiger partial charge on any atom is -0.545 e. The summed E-state index contributed by atoms with van der Waals surface area (Å²) in [7, 11) is 5.94. The standard InChI is InChI=1S/C70H131NO8/c1-6-8-10-12-14-16-18-20-22-24-26-28-29-30-31-32-33-34-35-36-37-38-39-41-42-44-46-48-50-52-54-56-58-60-67(72)77-64-66(65-78-70(69(74)75)76-63-62-71(3,4)5)79-68(73)61-59-57-55-53-51-49-47-45-43-40-27-25-23-21-19-17-15-13-11-9-7-2/h19,21,24-27,66,70H,6-18,20,22-23,28-65H2,1-5H3/b21-19-,26-24-,27-25-. The van der Waals surface area contributed by atoms with Gasteiger partial charge in [0.25, 0.3) is 0 Å². The first-order chi connectivity index (χ1) is 38.6. The third-order valence-electron chi connectivity index (χ3n) is 15.4. The van der Waals surface area contributed by atoms with Gasteiger partial charge >= 0.3 is 11.9 Å². The number of carboxylic acid groups (broad SMARTS) is 1. The molecule has 9 nitrogen and oxygen atoms in total. The fraction of sp³-hybridized carbons (Fsp3) is 0.871. The molecule has 0 heterocycles. The number of hydrogen-bond donors (Lipinski definition) is 0. The summed E-state index contributed by atoms with van der Waals surface area (Å²) in [6.07, 6.45) is 73.7. The molecule has 0 bridgehead atoms. The molecule has 0 saturated carbocycles. The van der Waals surface area contributed by atoms with Crippen molar-refractivity contribution in [3.8, 4) is 0 Å². The number of rotatable bonds is 64. The minimum absolute atomic E-state index is 0.148. The largest absolute Gasteiger partial charge is 0.545 e. The van der Waals surface area contributed by atoms with Crippen LogP contribution in [0.1, 0.15) is 335 Å². The van der Waals surface area contributed by atoms with Gasteiger partial charge < -0.3 is 33.3 Å². The van der Waals surface area contributed by atoms with Crippen molar-refractivity contribution < 1.29 is 42.9 Å². The Morgan fingerprint density at radius 2 is 0.684 bits per heavy atom. The normalized spacial score (nSPS) is 12.9. The van der Waals surface area contributed by atoms with Crippen LogP contribution in [0.3, 0.4) is 0 Å². The maximum Gasteiger partial charge on any atom is 0.306 e. The van der Waals surface area contributed by atoms with Crippen molar-refractivity contribution in [3.05, 3.63) is 36.5 Å². The monoisotopic (exact) mass is 1110 g/mol. The van der Waals surface area contributed by atoms with E-state index in [0.717, 1.165) is 51.4 Å². The Labute approximate surface area is 490 Å². The molecule has 0 aliphatic rings. The number of unbranched alkanes of at least 4 members (excludes halogenated alkanes) is 43. The van der Waals surface area contributed by atoms with Gasteiger partial charge in [-0.25, -0.2) is 0 Å². The summed E-state index contributed by atoms with van der Waals surface area (Å²) >= 11 is 0. The Morgan fingerprint density at radius 3 is 1.01 bits per heavy atom. The molecule has 0 aliphatic heterocycles. The molecule has 0 aromatic rings. The van der Waals surface area contributed by atoms with Gasteiger partial charge in [0.15, 0.2) is 12.4 Å². The van der Waals surface area contributed by atoms with Crippen molar-refractivity contribution in [1.29, 1.82) is 0 Å². The van der Waals surface area contributed by atoms with E-state index in [-0.39, 0.29) is 32.2 Å². The molecule has 0 aliphatic carbocycles. The van der Waals surface area contributed by atoms with Gasteiger partial charge in [0.2, 0.25) is 0 Å². The number of carbonyl (C=O) groups excluding carboxylic acids is 3. The quantitative estimate of drug-likeness (QED) is 0.0195. The fourth-order valence-corrected chi connectivity index (χ4v) is 10.1. The van der Waals surface area contributed by atoms with E-state index in [4.69, 9.17) is 18.9 Å². The van der Waals surface area contributed by atoms with Gasteiger partial charge in [0, 0.05) is 12.8 Å². The lowest BCUT2D eigenvalue weighted by Gasteiger charge is -2.26. The van der Waals surface area contributed by atoms with Crippen LogP contribution in [0.4, 0.5) is 0 Å². The van der Waals surface area contributed by atoms with Crippen molar-refractivity contribution in [2.24, 2.45) is 0 Å². The first-order valence-corrected chi connectivity index (χ1v) is 34.1. The summed E-state index contributed by atoms with van der Waals surface area (Å²) < 4.78 is 22.8. The first kappa shape index (κ1) is 76.5. The first-order valence-electron chi connectivity index (χ1n) is 34.1. The SMILES string of the molecule is CCCCCCC/C=C\C/C=C\CCCCCCCCCCCC(=O)OC(COC(=O)CCCCCCCCCCCCCCCCCCCCCCC/C=C\CCCCCCCCCC)COC(OCC[N+](C)(C)C)C(=O)[O-]. The van der Waals surface area contributed by atoms with Crippen LogP contribution in [0, 0.1) is 0 Å². The number of carboxylic acids is 1. The summed E-state index contributed by atoms with van der Waals surface area (Å²) in [6.45, 7) is 4.79. The maximum absolute atomic E-state index is 12.9. The summed E-state index contributed by atoms with van der Waals surface area (Å²) in [5.74, 6) is -2.27. The molecule has 0 spiro atoms. The van der Waals surface area contributed by atoms with Gasteiger partial charge in [-0.15, -0.1) is 0 Å². The Balaban J connectivity index is 4.05. The number of hydrogen-bond acceptors (Lipinski definition) is 8. The van der Waals surface area contributed by atoms with E-state index in [1.165, 1.54) is 250 Å². The van der Waals surface area contributed by atoms with Crippen molar-refractivity contribution in [1.82, 2.24) is 0 Å². The lowest BCUT2D eigenvalue weighted by Crippen LogP contribution is -2.44. The molecule has 0 rings (SSSR count). The van der Waals surface area contributed by atoms with E-state index in [1.807, 2.05) is 21.1 Å². The average molecular weight is 1110 g/mol. The number of nitrogens with zero attached hydrogens (tertiary/aromatic N) is 1. The number of aliphatic carboxylic acids is 1. The van der Waals surface area contributed by atoms with E-state index in [1.54, 1.807) is 0 Å². The summed E-state index contributed by atoms with van der Waals surface area (Å²) in [6, 6.07) is 0. The number of quaternary nitrogens is 1. The molecular weight excluding hydrogens is 983 g/mol. The summed E-state index contributed by atoms with van der Waals surface area (Å²) in [5.41, 5.74) is 0. The van der Waals surface area contributed by atoms with Crippen LogP contribution in [0.15, 0.2) is 36.5 Å². The van der Waals surface area contributed by atoms with Crippen LogP contribution in [0.2, 0.25) is 0 Å². The van der Waals surface area contributed by atoms with Crippen LogP contribution in [0.25, 0.3) is 0 Å². The Kier molecular flexibility index (Phi) is 59.6. The number of ether oxygens (including phenoxy) is 4. The van der Waals surface area contributed by atoms with Crippen molar-refractivity contribution in [2.75, 3.05) is 47.5 Å². The van der Waals surface area contributed by atoms with Crippen LogP contribution < -0.4 is 5.11 Å². The van der Waals surface area contributed by atoms with Crippen LogP contribution in [0.5, 0.6) is 0 Å². The van der Waals surface area contributed by atoms with Gasteiger partial charge in [-0.3, -0.25) is 9.59 Å². The highest BCUT2D eigenvalue weighted by molar-refractivity contribution is 5.70. The Bertz CT molecular complexity index is 1390. The van der Waals surface area contributed by atoms with Gasteiger partial charge in [0.05, 0.1) is 40.3 Å². The second kappa shape index (κ2) is 61.6. The highest BCUT2D eigenvalue weighted by atomic mass is 16.7. The molecule has 0 radical (unpaired) electrons.